The molecule has 3 atom stereocenters. The maximum Gasteiger partial charge on any atom is 0.0309 e. The van der Waals surface area contributed by atoms with E-state index in [0.29, 0.717) is 0 Å². The van der Waals surface area contributed by atoms with Gasteiger partial charge in [0, 0.05) is 12.1 Å². The fourth-order valence-corrected chi connectivity index (χ4v) is 3.49. The van der Waals surface area contributed by atoms with E-state index in [0.717, 1.165) is 24.9 Å². The predicted octanol–water partition coefficient (Wildman–Crippen LogP) is 3.90. The molecule has 1 saturated carbocycles. The zero-order chi connectivity index (χ0) is 14.5. The van der Waals surface area contributed by atoms with Crippen molar-refractivity contribution in [2.45, 2.75) is 58.0 Å². The third kappa shape index (κ3) is 4.07. The Morgan fingerprint density at radius 3 is 2.75 bits per heavy atom. The number of nitrogens with zero attached hydrogens (tertiary/aromatic N) is 1. The van der Waals surface area contributed by atoms with Gasteiger partial charge in [-0.25, -0.2) is 0 Å². The third-order valence-corrected chi connectivity index (χ3v) is 4.91. The fraction of sp³-hybridized carbons (Fsp3) is 0.667. The van der Waals surface area contributed by atoms with Crippen LogP contribution in [0.25, 0.3) is 0 Å². The average Bonchev–Trinajstić information content (AvgIpc) is 2.45. The molecule has 1 aromatic rings. The van der Waals surface area contributed by atoms with Crippen molar-refractivity contribution in [1.29, 1.82) is 0 Å². The summed E-state index contributed by atoms with van der Waals surface area (Å²) in [6.45, 7) is 5.65. The van der Waals surface area contributed by atoms with Gasteiger partial charge in [-0.15, -0.1) is 0 Å². The van der Waals surface area contributed by atoms with Gasteiger partial charge in [0.2, 0.25) is 0 Å². The maximum absolute atomic E-state index is 6.37. The molecule has 1 aromatic carbocycles. The lowest BCUT2D eigenvalue weighted by Crippen LogP contribution is -2.37. The number of aryl methyl sites for hydroxylation is 1. The number of benzene rings is 1. The van der Waals surface area contributed by atoms with Crippen molar-refractivity contribution in [3.05, 3.63) is 35.4 Å². The summed E-state index contributed by atoms with van der Waals surface area (Å²) in [7, 11) is 2.27. The molecule has 20 heavy (non-hydrogen) atoms. The molecule has 0 heterocycles. The van der Waals surface area contributed by atoms with Crippen LogP contribution in [0.1, 0.15) is 56.2 Å². The summed E-state index contributed by atoms with van der Waals surface area (Å²) < 4.78 is 0. The van der Waals surface area contributed by atoms with Crippen LogP contribution in [-0.2, 0) is 0 Å². The molecular weight excluding hydrogens is 244 g/mol. The van der Waals surface area contributed by atoms with Crippen LogP contribution in [-0.4, -0.2) is 24.5 Å². The van der Waals surface area contributed by atoms with Gasteiger partial charge in [-0.05, 0) is 56.8 Å². The second-order valence-electron chi connectivity index (χ2n) is 6.66. The van der Waals surface area contributed by atoms with Gasteiger partial charge < -0.3 is 10.6 Å². The summed E-state index contributed by atoms with van der Waals surface area (Å²) in [4.78, 5) is 2.54. The third-order valence-electron chi connectivity index (χ3n) is 4.91. The van der Waals surface area contributed by atoms with Gasteiger partial charge in [-0.1, -0.05) is 44.0 Å². The highest BCUT2D eigenvalue weighted by Crippen LogP contribution is 2.27. The molecule has 0 amide bonds. The summed E-state index contributed by atoms with van der Waals surface area (Å²) in [6.07, 6.45) is 6.57. The second kappa shape index (κ2) is 7.24. The summed E-state index contributed by atoms with van der Waals surface area (Å²) in [5.41, 5.74) is 8.99. The van der Waals surface area contributed by atoms with Gasteiger partial charge in [0.1, 0.15) is 0 Å². The Kier molecular flexibility index (Phi) is 5.62. The lowest BCUT2D eigenvalue weighted by Gasteiger charge is -2.34. The predicted molar refractivity (Wildman–Crippen MR) is 86.8 cm³/mol. The first-order chi connectivity index (χ1) is 9.58. The van der Waals surface area contributed by atoms with E-state index < -0.39 is 0 Å². The molecule has 112 valence electrons. The molecule has 2 rings (SSSR count). The smallest absolute Gasteiger partial charge is 0.0309 e. The van der Waals surface area contributed by atoms with Crippen LogP contribution in [0.5, 0.6) is 0 Å². The van der Waals surface area contributed by atoms with Crippen molar-refractivity contribution in [1.82, 2.24) is 4.90 Å². The minimum Gasteiger partial charge on any atom is -0.324 e. The van der Waals surface area contributed by atoms with Gasteiger partial charge in [0.25, 0.3) is 0 Å². The van der Waals surface area contributed by atoms with Crippen LogP contribution in [0.4, 0.5) is 0 Å². The fourth-order valence-electron chi connectivity index (χ4n) is 3.49. The molecule has 0 aromatic heterocycles. The van der Waals surface area contributed by atoms with Gasteiger partial charge >= 0.3 is 0 Å². The van der Waals surface area contributed by atoms with E-state index in [1.807, 2.05) is 0 Å². The summed E-state index contributed by atoms with van der Waals surface area (Å²) >= 11 is 0. The molecule has 2 N–H and O–H groups in total. The van der Waals surface area contributed by atoms with Crippen LogP contribution < -0.4 is 5.73 Å². The van der Waals surface area contributed by atoms with Crippen LogP contribution in [0.15, 0.2) is 24.3 Å². The van der Waals surface area contributed by atoms with E-state index in [1.54, 1.807) is 0 Å². The molecule has 2 heteroatoms. The monoisotopic (exact) mass is 274 g/mol. The zero-order valence-electron chi connectivity index (χ0n) is 13.3. The first-order valence-corrected chi connectivity index (χ1v) is 8.09. The molecule has 1 aliphatic carbocycles. The van der Waals surface area contributed by atoms with Crippen LogP contribution in [0.3, 0.4) is 0 Å². The highest BCUT2D eigenvalue weighted by Gasteiger charge is 2.22. The lowest BCUT2D eigenvalue weighted by molar-refractivity contribution is 0.160. The molecule has 0 saturated heterocycles. The number of hydrogen-bond acceptors (Lipinski definition) is 2. The molecule has 1 fully saturated rings. The van der Waals surface area contributed by atoms with E-state index in [-0.39, 0.29) is 6.04 Å². The minimum atomic E-state index is 0.166. The van der Waals surface area contributed by atoms with Crippen LogP contribution in [0, 0.1) is 12.8 Å². The summed E-state index contributed by atoms with van der Waals surface area (Å²) in [6, 6.07) is 9.43. The minimum absolute atomic E-state index is 0.166. The van der Waals surface area contributed by atoms with Gasteiger partial charge in [-0.2, -0.15) is 0 Å². The van der Waals surface area contributed by atoms with E-state index in [9.17, 15) is 0 Å². The van der Waals surface area contributed by atoms with Crippen LogP contribution >= 0.6 is 0 Å². The summed E-state index contributed by atoms with van der Waals surface area (Å²) in [5.74, 6) is 0.890. The Hall–Kier alpha value is -0.860. The standard InChI is InChI=1S/C18H30N2/c1-14-7-6-9-16(13-14)20(3)12-11-18(19)17-10-5-4-8-15(17)2/h4-5,8,10,14,16,18H,6-7,9,11-13,19H2,1-3H3. The zero-order valence-corrected chi connectivity index (χ0v) is 13.3. The molecule has 3 unspecified atom stereocenters. The summed E-state index contributed by atoms with van der Waals surface area (Å²) in [5, 5.41) is 0. The Morgan fingerprint density at radius 2 is 2.05 bits per heavy atom. The van der Waals surface area contributed by atoms with E-state index in [2.05, 4.69) is 50.1 Å². The van der Waals surface area contributed by atoms with Crippen LogP contribution in [0.2, 0.25) is 0 Å². The van der Waals surface area contributed by atoms with Gasteiger partial charge in [0.15, 0.2) is 0 Å². The average molecular weight is 274 g/mol. The molecular formula is C18H30N2. The van der Waals surface area contributed by atoms with Gasteiger partial charge in [0.05, 0.1) is 0 Å². The largest absolute Gasteiger partial charge is 0.324 e. The lowest BCUT2D eigenvalue weighted by atomic mass is 9.86. The molecule has 2 nitrogen and oxygen atoms in total. The van der Waals surface area contributed by atoms with Gasteiger partial charge in [-0.3, -0.25) is 0 Å². The van der Waals surface area contributed by atoms with E-state index >= 15 is 0 Å². The molecule has 0 radical (unpaired) electrons. The Labute approximate surface area is 124 Å². The quantitative estimate of drug-likeness (QED) is 0.882. The highest BCUT2D eigenvalue weighted by atomic mass is 15.1. The maximum atomic E-state index is 6.37. The number of hydrogen-bond donors (Lipinski definition) is 1. The Balaban J connectivity index is 1.83. The highest BCUT2D eigenvalue weighted by molar-refractivity contribution is 5.28. The normalized spacial score (nSPS) is 24.9. The van der Waals surface area contributed by atoms with Crippen molar-refractivity contribution in [2.24, 2.45) is 11.7 Å². The molecule has 0 spiro atoms. The second-order valence-corrected chi connectivity index (χ2v) is 6.66. The van der Waals surface area contributed by atoms with Crippen molar-refractivity contribution >= 4 is 0 Å². The number of rotatable bonds is 5. The topological polar surface area (TPSA) is 29.3 Å². The SMILES string of the molecule is Cc1ccccc1C(N)CCN(C)C1CCCC(C)C1. The first kappa shape index (κ1) is 15.5. The number of nitrogens with two attached hydrogens (primary N) is 1. The molecule has 0 bridgehead atoms. The van der Waals surface area contributed by atoms with E-state index in [4.69, 9.17) is 5.73 Å². The Bertz CT molecular complexity index is 416. The molecule has 1 aliphatic rings. The Morgan fingerprint density at radius 1 is 1.30 bits per heavy atom. The van der Waals surface area contributed by atoms with Crippen molar-refractivity contribution < 1.29 is 0 Å². The van der Waals surface area contributed by atoms with Crippen molar-refractivity contribution in [3.63, 3.8) is 0 Å². The molecule has 0 aliphatic heterocycles. The van der Waals surface area contributed by atoms with E-state index in [1.165, 1.54) is 36.8 Å². The first-order valence-electron chi connectivity index (χ1n) is 8.09. The van der Waals surface area contributed by atoms with Crippen molar-refractivity contribution in [2.75, 3.05) is 13.6 Å². The van der Waals surface area contributed by atoms with Crippen molar-refractivity contribution in [3.8, 4) is 0 Å².